The minimum Gasteiger partial charge on any atom is -0.497 e. The second-order valence-electron chi connectivity index (χ2n) is 3.06. The van der Waals surface area contributed by atoms with Crippen molar-refractivity contribution < 1.29 is 13.5 Å². The molecule has 0 aliphatic heterocycles. The molecule has 0 saturated heterocycles. The quantitative estimate of drug-likeness (QED) is 0.698. The van der Waals surface area contributed by atoms with Crippen molar-refractivity contribution >= 4 is 0 Å². The summed E-state index contributed by atoms with van der Waals surface area (Å²) in [6, 6.07) is 5.62. The average molecular weight is 211 g/mol. The summed E-state index contributed by atoms with van der Waals surface area (Å²) in [5, 5.41) is 0. The van der Waals surface area contributed by atoms with Crippen molar-refractivity contribution in [2.24, 2.45) is 0 Å². The first-order chi connectivity index (χ1) is 7.10. The van der Waals surface area contributed by atoms with Crippen LogP contribution in [-0.2, 0) is 5.92 Å². The van der Waals surface area contributed by atoms with Gasteiger partial charge in [-0.15, -0.1) is 0 Å². The Balaban J connectivity index is 2.81. The van der Waals surface area contributed by atoms with Gasteiger partial charge in [0.05, 0.1) is 13.5 Å². The van der Waals surface area contributed by atoms with Crippen LogP contribution in [0.1, 0.15) is 12.0 Å². The smallest absolute Gasteiger partial charge is 0.280 e. The second-order valence-corrected chi connectivity index (χ2v) is 3.06. The Kier molecular flexibility index (Phi) is 3.62. The van der Waals surface area contributed by atoms with Crippen LogP contribution in [-0.4, -0.2) is 13.7 Å². The average Bonchev–Trinajstić information content (AvgIpc) is 2.26. The summed E-state index contributed by atoms with van der Waals surface area (Å²) in [5.74, 6) is -2.39. The lowest BCUT2D eigenvalue weighted by molar-refractivity contribution is -0.00895. The molecule has 0 saturated carbocycles. The summed E-state index contributed by atoms with van der Waals surface area (Å²) in [7, 11) is 1.48. The highest BCUT2D eigenvalue weighted by molar-refractivity contribution is 5.29. The molecule has 0 atom stereocenters. The number of hydrogen-bond donors (Lipinski definition) is 0. The molecule has 1 aromatic carbocycles. The fourth-order valence-electron chi connectivity index (χ4n) is 1.18. The van der Waals surface area contributed by atoms with Crippen LogP contribution in [0.3, 0.4) is 0 Å². The van der Waals surface area contributed by atoms with Gasteiger partial charge < -0.3 is 9.58 Å². The molecule has 2 nitrogen and oxygen atoms in total. The monoisotopic (exact) mass is 211 g/mol. The van der Waals surface area contributed by atoms with Crippen LogP contribution in [0, 0.1) is 6.57 Å². The van der Waals surface area contributed by atoms with E-state index in [9.17, 15) is 8.78 Å². The fourth-order valence-corrected chi connectivity index (χ4v) is 1.18. The number of ether oxygens (including phenoxy) is 1. The van der Waals surface area contributed by atoms with Crippen molar-refractivity contribution in [2.75, 3.05) is 13.7 Å². The van der Waals surface area contributed by atoms with E-state index in [4.69, 9.17) is 11.3 Å². The lowest BCUT2D eigenvalue weighted by Gasteiger charge is -2.14. The van der Waals surface area contributed by atoms with Gasteiger partial charge >= 0.3 is 0 Å². The van der Waals surface area contributed by atoms with Gasteiger partial charge in [-0.3, -0.25) is 0 Å². The number of hydrogen-bond acceptors (Lipinski definition) is 1. The summed E-state index contributed by atoms with van der Waals surface area (Å²) < 4.78 is 31.7. The molecule has 4 heteroatoms. The Hall–Kier alpha value is -1.63. The standard InChI is InChI=1S/C11H11F2NO/c1-14-8-7-11(12,13)9-3-5-10(15-2)6-4-9/h3-6H,7-8H2,2H3. The predicted octanol–water partition coefficient (Wildman–Crippen LogP) is 3.10. The van der Waals surface area contributed by atoms with Gasteiger partial charge in [0, 0.05) is 5.56 Å². The van der Waals surface area contributed by atoms with Crippen molar-refractivity contribution in [1.82, 2.24) is 0 Å². The van der Waals surface area contributed by atoms with Gasteiger partial charge in [-0.2, -0.15) is 0 Å². The normalized spacial score (nSPS) is 10.8. The van der Waals surface area contributed by atoms with E-state index >= 15 is 0 Å². The third kappa shape index (κ3) is 2.91. The maximum Gasteiger partial charge on any atom is 0.280 e. The molecular formula is C11H11F2NO. The van der Waals surface area contributed by atoms with Crippen LogP contribution < -0.4 is 4.74 Å². The van der Waals surface area contributed by atoms with Crippen LogP contribution in [0.5, 0.6) is 5.75 Å². The molecule has 15 heavy (non-hydrogen) atoms. The van der Waals surface area contributed by atoms with Gasteiger partial charge in [-0.05, 0) is 24.3 Å². The lowest BCUT2D eigenvalue weighted by Crippen LogP contribution is -2.14. The van der Waals surface area contributed by atoms with Crippen molar-refractivity contribution in [2.45, 2.75) is 12.3 Å². The van der Waals surface area contributed by atoms with Gasteiger partial charge in [0.2, 0.25) is 6.54 Å². The molecule has 0 amide bonds. The minimum absolute atomic E-state index is 0.0769. The van der Waals surface area contributed by atoms with E-state index in [0.29, 0.717) is 5.75 Å². The van der Waals surface area contributed by atoms with Gasteiger partial charge in [-0.1, -0.05) is 0 Å². The topological polar surface area (TPSA) is 13.6 Å². The van der Waals surface area contributed by atoms with E-state index in [1.165, 1.54) is 31.4 Å². The predicted molar refractivity (Wildman–Crippen MR) is 53.0 cm³/mol. The van der Waals surface area contributed by atoms with Gasteiger partial charge in [0.25, 0.3) is 5.92 Å². The molecular weight excluding hydrogens is 200 g/mol. The zero-order valence-electron chi connectivity index (χ0n) is 8.34. The van der Waals surface area contributed by atoms with Crippen LogP contribution in [0.25, 0.3) is 4.85 Å². The second kappa shape index (κ2) is 4.74. The Bertz CT molecular complexity index is 354. The molecule has 0 aliphatic rings. The van der Waals surface area contributed by atoms with Crippen LogP contribution in [0.15, 0.2) is 24.3 Å². The van der Waals surface area contributed by atoms with Crippen molar-refractivity contribution in [3.63, 3.8) is 0 Å². The number of halogens is 2. The SMILES string of the molecule is [C-]#[N+]CCC(F)(F)c1ccc(OC)cc1. The van der Waals surface area contributed by atoms with Crippen LogP contribution >= 0.6 is 0 Å². The minimum atomic E-state index is -2.93. The fraction of sp³-hybridized carbons (Fsp3) is 0.364. The highest BCUT2D eigenvalue weighted by atomic mass is 19.3. The van der Waals surface area contributed by atoms with E-state index in [1.807, 2.05) is 0 Å². The Morgan fingerprint density at radius 2 is 1.93 bits per heavy atom. The molecule has 0 fully saturated rings. The third-order valence-electron chi connectivity index (χ3n) is 2.05. The van der Waals surface area contributed by atoms with E-state index < -0.39 is 12.3 Å². The Morgan fingerprint density at radius 3 is 2.40 bits per heavy atom. The maximum absolute atomic E-state index is 13.4. The summed E-state index contributed by atoms with van der Waals surface area (Å²) in [6.45, 7) is 6.31. The first-order valence-electron chi connectivity index (χ1n) is 4.46. The number of rotatable bonds is 4. The molecule has 1 aromatic rings. The summed E-state index contributed by atoms with van der Waals surface area (Å²) in [4.78, 5) is 2.93. The highest BCUT2D eigenvalue weighted by Gasteiger charge is 2.32. The zero-order valence-corrected chi connectivity index (χ0v) is 8.34. The van der Waals surface area contributed by atoms with Gasteiger partial charge in [0.15, 0.2) is 0 Å². The zero-order chi connectivity index (χ0) is 11.3. The van der Waals surface area contributed by atoms with Crippen molar-refractivity contribution in [3.8, 4) is 5.75 Å². The molecule has 0 aliphatic carbocycles. The highest BCUT2D eigenvalue weighted by Crippen LogP contribution is 2.32. The number of nitrogens with zero attached hydrogens (tertiary/aromatic N) is 1. The molecule has 0 heterocycles. The molecule has 0 aromatic heterocycles. The third-order valence-corrected chi connectivity index (χ3v) is 2.05. The summed E-state index contributed by atoms with van der Waals surface area (Å²) in [5.41, 5.74) is -0.0769. The van der Waals surface area contributed by atoms with Crippen LogP contribution in [0.2, 0.25) is 0 Å². The van der Waals surface area contributed by atoms with E-state index in [2.05, 4.69) is 4.85 Å². The molecule has 0 bridgehead atoms. The lowest BCUT2D eigenvalue weighted by atomic mass is 10.1. The molecule has 1 rings (SSSR count). The first kappa shape index (κ1) is 11.4. The number of alkyl halides is 2. The Morgan fingerprint density at radius 1 is 1.33 bits per heavy atom. The summed E-state index contributed by atoms with van der Waals surface area (Å²) in [6.07, 6.45) is -0.442. The number of methoxy groups -OCH3 is 1. The molecule has 80 valence electrons. The van der Waals surface area contributed by atoms with E-state index in [0.717, 1.165) is 0 Å². The van der Waals surface area contributed by atoms with Crippen LogP contribution in [0.4, 0.5) is 8.78 Å². The summed E-state index contributed by atoms with van der Waals surface area (Å²) >= 11 is 0. The van der Waals surface area contributed by atoms with E-state index in [1.54, 1.807) is 0 Å². The Labute approximate surface area is 87.3 Å². The molecule has 0 unspecified atom stereocenters. The molecule has 0 radical (unpaired) electrons. The van der Waals surface area contributed by atoms with Crippen molar-refractivity contribution in [1.29, 1.82) is 0 Å². The maximum atomic E-state index is 13.4. The van der Waals surface area contributed by atoms with Gasteiger partial charge in [-0.25, -0.2) is 15.4 Å². The van der Waals surface area contributed by atoms with Crippen molar-refractivity contribution in [3.05, 3.63) is 41.2 Å². The van der Waals surface area contributed by atoms with Gasteiger partial charge in [0.1, 0.15) is 5.75 Å². The largest absolute Gasteiger partial charge is 0.497 e. The number of benzene rings is 1. The molecule has 0 spiro atoms. The van der Waals surface area contributed by atoms with E-state index in [-0.39, 0.29) is 12.1 Å². The first-order valence-corrected chi connectivity index (χ1v) is 4.46. The molecule has 0 N–H and O–H groups in total.